The van der Waals surface area contributed by atoms with E-state index < -0.39 is 0 Å². The second kappa shape index (κ2) is 8.14. The number of para-hydroxylation sites is 1. The van der Waals surface area contributed by atoms with Gasteiger partial charge in [-0.15, -0.1) is 0 Å². The molecule has 0 radical (unpaired) electrons. The molecule has 1 aromatic carbocycles. The van der Waals surface area contributed by atoms with Crippen molar-refractivity contribution >= 4 is 11.9 Å². The van der Waals surface area contributed by atoms with Crippen molar-refractivity contribution in [2.24, 2.45) is 17.8 Å². The summed E-state index contributed by atoms with van der Waals surface area (Å²) in [6.07, 6.45) is 3.53. The fourth-order valence-corrected chi connectivity index (χ4v) is 2.95. The van der Waals surface area contributed by atoms with Crippen molar-refractivity contribution in [3.63, 3.8) is 0 Å². The van der Waals surface area contributed by atoms with Crippen molar-refractivity contribution in [3.8, 4) is 5.75 Å². The lowest BCUT2D eigenvalue weighted by atomic mass is 9.94. The number of esters is 2. The van der Waals surface area contributed by atoms with Gasteiger partial charge in [0.25, 0.3) is 0 Å². The molecule has 1 aromatic rings. The first-order valence-corrected chi connectivity index (χ1v) is 8.43. The summed E-state index contributed by atoms with van der Waals surface area (Å²) in [5.41, 5.74) is 0. The first kappa shape index (κ1) is 17.5. The van der Waals surface area contributed by atoms with Crippen LogP contribution in [0.5, 0.6) is 5.75 Å². The summed E-state index contributed by atoms with van der Waals surface area (Å²) in [4.78, 5) is 23.8. The van der Waals surface area contributed by atoms with Gasteiger partial charge in [0, 0.05) is 0 Å². The predicted molar refractivity (Wildman–Crippen MR) is 87.9 cm³/mol. The van der Waals surface area contributed by atoms with E-state index >= 15 is 0 Å². The largest absolute Gasteiger partial charge is 0.462 e. The maximum Gasteiger partial charge on any atom is 0.314 e. The summed E-state index contributed by atoms with van der Waals surface area (Å²) >= 11 is 0. The van der Waals surface area contributed by atoms with Gasteiger partial charge in [0.2, 0.25) is 0 Å². The van der Waals surface area contributed by atoms with Crippen LogP contribution >= 0.6 is 0 Å². The summed E-state index contributed by atoms with van der Waals surface area (Å²) in [5.74, 6) is 0.428. The topological polar surface area (TPSA) is 52.6 Å². The highest BCUT2D eigenvalue weighted by atomic mass is 16.5. The Morgan fingerprint density at radius 2 is 1.78 bits per heavy atom. The summed E-state index contributed by atoms with van der Waals surface area (Å²) in [6, 6.07) is 9.14. The van der Waals surface area contributed by atoms with Crippen LogP contribution in [-0.2, 0) is 14.3 Å². The molecule has 2 rings (SSSR count). The Hall–Kier alpha value is -1.84. The van der Waals surface area contributed by atoms with Gasteiger partial charge in [0.15, 0.2) is 0 Å². The number of carbonyl (C=O) groups is 2. The number of benzene rings is 1. The zero-order valence-corrected chi connectivity index (χ0v) is 14.2. The van der Waals surface area contributed by atoms with Crippen LogP contribution < -0.4 is 4.74 Å². The van der Waals surface area contributed by atoms with Gasteiger partial charge in [0.1, 0.15) is 11.9 Å². The molecule has 0 amide bonds. The predicted octanol–water partition coefficient (Wildman–Crippen LogP) is 3.99. The third-order valence-corrected chi connectivity index (χ3v) is 4.30. The highest BCUT2D eigenvalue weighted by molar-refractivity contribution is 5.74. The SMILES string of the molecule is CC(C)C(=O)OC1CCC(CC(C)C(=O)Oc2ccccc2)C1. The molecule has 1 fully saturated rings. The van der Waals surface area contributed by atoms with Crippen LogP contribution in [0.3, 0.4) is 0 Å². The van der Waals surface area contributed by atoms with Crippen molar-refractivity contribution < 1.29 is 19.1 Å². The van der Waals surface area contributed by atoms with Gasteiger partial charge < -0.3 is 9.47 Å². The second-order valence-corrected chi connectivity index (χ2v) is 6.76. The van der Waals surface area contributed by atoms with Gasteiger partial charge in [0.05, 0.1) is 11.8 Å². The van der Waals surface area contributed by atoms with E-state index in [9.17, 15) is 9.59 Å². The molecule has 0 aromatic heterocycles. The Bertz CT molecular complexity index is 523. The van der Waals surface area contributed by atoms with Crippen LogP contribution in [0.4, 0.5) is 0 Å². The quantitative estimate of drug-likeness (QED) is 0.588. The third-order valence-electron chi connectivity index (χ3n) is 4.30. The Balaban J connectivity index is 1.76. The molecule has 1 saturated carbocycles. The summed E-state index contributed by atoms with van der Waals surface area (Å²) in [7, 11) is 0. The maximum absolute atomic E-state index is 12.1. The Morgan fingerprint density at radius 1 is 1.09 bits per heavy atom. The van der Waals surface area contributed by atoms with E-state index in [2.05, 4.69) is 0 Å². The smallest absolute Gasteiger partial charge is 0.314 e. The minimum Gasteiger partial charge on any atom is -0.462 e. The maximum atomic E-state index is 12.1. The lowest BCUT2D eigenvalue weighted by Gasteiger charge is -2.17. The molecule has 1 aliphatic rings. The number of hydrogen-bond acceptors (Lipinski definition) is 4. The number of hydrogen-bond donors (Lipinski definition) is 0. The van der Waals surface area contributed by atoms with Crippen LogP contribution in [0, 0.1) is 17.8 Å². The van der Waals surface area contributed by atoms with Crippen molar-refractivity contribution in [2.45, 2.75) is 52.6 Å². The molecule has 0 saturated heterocycles. The molecule has 0 N–H and O–H groups in total. The minimum absolute atomic E-state index is 0.00671. The van der Waals surface area contributed by atoms with Gasteiger partial charge in [-0.1, -0.05) is 39.0 Å². The molecule has 23 heavy (non-hydrogen) atoms. The molecule has 0 aliphatic heterocycles. The zero-order valence-electron chi connectivity index (χ0n) is 14.2. The Morgan fingerprint density at radius 3 is 2.43 bits per heavy atom. The first-order valence-electron chi connectivity index (χ1n) is 8.43. The van der Waals surface area contributed by atoms with Crippen LogP contribution in [0.1, 0.15) is 46.5 Å². The fourth-order valence-electron chi connectivity index (χ4n) is 2.95. The fraction of sp³-hybridized carbons (Fsp3) is 0.579. The standard InChI is InChI=1S/C19H26O4/c1-13(2)18(20)23-17-10-9-15(12-17)11-14(3)19(21)22-16-7-5-4-6-8-16/h4-8,13-15,17H,9-12H2,1-3H3. The molecular weight excluding hydrogens is 292 g/mol. The first-order chi connectivity index (χ1) is 11.0. The van der Waals surface area contributed by atoms with E-state index in [-0.39, 0.29) is 29.9 Å². The Labute approximate surface area is 138 Å². The summed E-state index contributed by atoms with van der Waals surface area (Å²) in [6.45, 7) is 5.59. The van der Waals surface area contributed by atoms with Gasteiger partial charge >= 0.3 is 11.9 Å². The number of carbonyl (C=O) groups excluding carboxylic acids is 2. The lowest BCUT2D eigenvalue weighted by Crippen LogP contribution is -2.21. The highest BCUT2D eigenvalue weighted by Crippen LogP contribution is 2.33. The number of ether oxygens (including phenoxy) is 2. The molecule has 1 aliphatic carbocycles. The van der Waals surface area contributed by atoms with Crippen LogP contribution in [-0.4, -0.2) is 18.0 Å². The van der Waals surface area contributed by atoms with E-state index in [1.165, 1.54) is 0 Å². The van der Waals surface area contributed by atoms with E-state index in [0.29, 0.717) is 11.7 Å². The molecule has 4 heteroatoms. The van der Waals surface area contributed by atoms with Gasteiger partial charge in [-0.2, -0.15) is 0 Å². The van der Waals surface area contributed by atoms with Gasteiger partial charge in [-0.25, -0.2) is 0 Å². The molecule has 126 valence electrons. The van der Waals surface area contributed by atoms with Crippen molar-refractivity contribution in [1.29, 1.82) is 0 Å². The zero-order chi connectivity index (χ0) is 16.8. The van der Waals surface area contributed by atoms with Crippen LogP contribution in [0.25, 0.3) is 0 Å². The lowest BCUT2D eigenvalue weighted by molar-refractivity contribution is -0.152. The molecule has 3 unspecified atom stereocenters. The molecular formula is C19H26O4. The minimum atomic E-state index is -0.196. The number of rotatable bonds is 6. The van der Waals surface area contributed by atoms with E-state index in [1.807, 2.05) is 39.0 Å². The van der Waals surface area contributed by atoms with E-state index in [4.69, 9.17) is 9.47 Å². The van der Waals surface area contributed by atoms with Crippen molar-refractivity contribution in [2.75, 3.05) is 0 Å². The van der Waals surface area contributed by atoms with Gasteiger partial charge in [-0.05, 0) is 43.7 Å². The molecule has 4 nitrogen and oxygen atoms in total. The van der Waals surface area contributed by atoms with Crippen LogP contribution in [0.2, 0.25) is 0 Å². The summed E-state index contributed by atoms with van der Waals surface area (Å²) < 4.78 is 10.9. The second-order valence-electron chi connectivity index (χ2n) is 6.76. The molecule has 0 bridgehead atoms. The molecule has 0 spiro atoms. The summed E-state index contributed by atoms with van der Waals surface area (Å²) in [5, 5.41) is 0. The van der Waals surface area contributed by atoms with Gasteiger partial charge in [-0.3, -0.25) is 9.59 Å². The van der Waals surface area contributed by atoms with Crippen LogP contribution in [0.15, 0.2) is 30.3 Å². The average molecular weight is 318 g/mol. The average Bonchev–Trinajstić information content (AvgIpc) is 2.95. The van der Waals surface area contributed by atoms with Crippen molar-refractivity contribution in [1.82, 2.24) is 0 Å². The Kier molecular flexibility index (Phi) is 6.20. The molecule has 0 heterocycles. The molecule has 3 atom stereocenters. The van der Waals surface area contributed by atoms with Crippen molar-refractivity contribution in [3.05, 3.63) is 30.3 Å². The van der Waals surface area contributed by atoms with E-state index in [0.717, 1.165) is 25.7 Å². The normalized spacial score (nSPS) is 21.9. The third kappa shape index (κ3) is 5.38. The highest BCUT2D eigenvalue weighted by Gasteiger charge is 2.31. The monoisotopic (exact) mass is 318 g/mol. The van der Waals surface area contributed by atoms with E-state index in [1.54, 1.807) is 12.1 Å².